The molecule has 2 saturated carbocycles. The molecular weight excluding hydrogens is 238 g/mol. The van der Waals surface area contributed by atoms with Crippen LogP contribution in [0.15, 0.2) is 24.3 Å². The molecule has 19 heavy (non-hydrogen) atoms. The minimum Gasteiger partial charge on any atom is -0.465 e. The molecule has 3 nitrogen and oxygen atoms in total. The third-order valence-electron chi connectivity index (χ3n) is 4.78. The van der Waals surface area contributed by atoms with Crippen molar-refractivity contribution in [3.8, 4) is 6.07 Å². The predicted octanol–water partition coefficient (Wildman–Crippen LogP) is 3.13. The third-order valence-corrected chi connectivity index (χ3v) is 4.78. The fourth-order valence-electron chi connectivity index (χ4n) is 3.92. The second-order valence-electron chi connectivity index (χ2n) is 5.63. The van der Waals surface area contributed by atoms with Gasteiger partial charge in [-0.05, 0) is 48.8 Å². The van der Waals surface area contributed by atoms with Gasteiger partial charge in [0.2, 0.25) is 0 Å². The molecule has 1 aromatic rings. The lowest BCUT2D eigenvalue weighted by Gasteiger charge is -2.26. The molecule has 1 aromatic carbocycles. The maximum Gasteiger partial charge on any atom is 0.337 e. The van der Waals surface area contributed by atoms with Crippen LogP contribution in [0.3, 0.4) is 0 Å². The Labute approximate surface area is 113 Å². The van der Waals surface area contributed by atoms with Crippen molar-refractivity contribution in [3.05, 3.63) is 35.4 Å². The van der Waals surface area contributed by atoms with Crippen molar-refractivity contribution in [2.45, 2.75) is 25.2 Å². The van der Waals surface area contributed by atoms with Crippen LogP contribution in [0.1, 0.15) is 41.1 Å². The van der Waals surface area contributed by atoms with Gasteiger partial charge in [0, 0.05) is 5.92 Å². The van der Waals surface area contributed by atoms with Gasteiger partial charge in [0.05, 0.1) is 24.7 Å². The number of methoxy groups -OCH3 is 1. The molecule has 2 aliphatic rings. The number of fused-ring (bicyclic) bond motifs is 2. The number of carbonyl (C=O) groups excluding carboxylic acids is 1. The maximum atomic E-state index is 11.4. The van der Waals surface area contributed by atoms with Crippen LogP contribution in [0.5, 0.6) is 0 Å². The van der Waals surface area contributed by atoms with E-state index in [9.17, 15) is 10.1 Å². The third kappa shape index (κ3) is 1.92. The van der Waals surface area contributed by atoms with Crippen LogP contribution >= 0.6 is 0 Å². The first kappa shape index (κ1) is 12.2. The Morgan fingerprint density at radius 2 is 1.95 bits per heavy atom. The summed E-state index contributed by atoms with van der Waals surface area (Å²) in [5.74, 6) is 1.44. The number of rotatable bonds is 2. The summed E-state index contributed by atoms with van der Waals surface area (Å²) in [5, 5.41) is 9.38. The molecule has 2 fully saturated rings. The molecule has 0 aliphatic heterocycles. The zero-order chi connectivity index (χ0) is 13.4. The van der Waals surface area contributed by atoms with Crippen LogP contribution in [0.25, 0.3) is 0 Å². The molecule has 0 saturated heterocycles. The molecule has 0 radical (unpaired) electrons. The summed E-state index contributed by atoms with van der Waals surface area (Å²) in [7, 11) is 1.39. The van der Waals surface area contributed by atoms with Gasteiger partial charge in [-0.3, -0.25) is 0 Å². The number of hydrogen-bond acceptors (Lipinski definition) is 3. The monoisotopic (exact) mass is 255 g/mol. The smallest absolute Gasteiger partial charge is 0.337 e. The molecule has 0 aromatic heterocycles. The second kappa shape index (κ2) is 4.70. The van der Waals surface area contributed by atoms with Crippen LogP contribution in [-0.4, -0.2) is 13.1 Å². The number of esters is 1. The van der Waals surface area contributed by atoms with Crippen molar-refractivity contribution in [3.63, 3.8) is 0 Å². The Bertz CT molecular complexity index is 529. The van der Waals surface area contributed by atoms with Gasteiger partial charge in [0.15, 0.2) is 0 Å². The van der Waals surface area contributed by atoms with Gasteiger partial charge in [-0.2, -0.15) is 5.26 Å². The molecule has 0 heterocycles. The van der Waals surface area contributed by atoms with Crippen LogP contribution in [0, 0.1) is 29.1 Å². The van der Waals surface area contributed by atoms with Gasteiger partial charge in [0.25, 0.3) is 0 Å². The highest BCUT2D eigenvalue weighted by Gasteiger charge is 2.48. The molecule has 0 amide bonds. The number of nitrogens with zero attached hydrogens (tertiary/aromatic N) is 1. The lowest BCUT2D eigenvalue weighted by molar-refractivity contribution is 0.0600. The maximum absolute atomic E-state index is 11.4. The van der Waals surface area contributed by atoms with E-state index in [2.05, 4.69) is 6.07 Å². The highest BCUT2D eigenvalue weighted by Crippen LogP contribution is 2.56. The van der Waals surface area contributed by atoms with Gasteiger partial charge in [-0.1, -0.05) is 12.1 Å². The van der Waals surface area contributed by atoms with Gasteiger partial charge >= 0.3 is 5.97 Å². The van der Waals surface area contributed by atoms with Crippen LogP contribution in [-0.2, 0) is 4.74 Å². The summed E-state index contributed by atoms with van der Waals surface area (Å²) in [4.78, 5) is 11.4. The predicted molar refractivity (Wildman–Crippen MR) is 70.5 cm³/mol. The normalized spacial score (nSPS) is 32.0. The minimum atomic E-state index is -0.309. The molecule has 0 unspecified atom stereocenters. The summed E-state index contributed by atoms with van der Waals surface area (Å²) < 4.78 is 4.70. The topological polar surface area (TPSA) is 50.1 Å². The van der Waals surface area contributed by atoms with E-state index in [1.165, 1.54) is 31.9 Å². The average molecular weight is 255 g/mol. The van der Waals surface area contributed by atoms with Crippen molar-refractivity contribution in [2.24, 2.45) is 17.8 Å². The Balaban J connectivity index is 1.87. The largest absolute Gasteiger partial charge is 0.465 e. The van der Waals surface area contributed by atoms with E-state index < -0.39 is 0 Å². The van der Waals surface area contributed by atoms with E-state index in [0.717, 1.165) is 0 Å². The number of ether oxygens (including phenoxy) is 1. The van der Waals surface area contributed by atoms with E-state index in [1.54, 1.807) is 0 Å². The van der Waals surface area contributed by atoms with E-state index in [4.69, 9.17) is 4.74 Å². The Hall–Kier alpha value is -1.82. The Morgan fingerprint density at radius 1 is 1.26 bits per heavy atom. The molecule has 0 spiro atoms. The summed E-state index contributed by atoms with van der Waals surface area (Å²) in [6.07, 6.45) is 3.65. The zero-order valence-corrected chi connectivity index (χ0v) is 11.0. The van der Waals surface area contributed by atoms with Gasteiger partial charge in [-0.25, -0.2) is 4.79 Å². The standard InChI is InChI=1S/C16H17NO2/c1-19-16(18)11-4-2-10(3-5-11)15-13-7-6-12(8-13)14(15)9-17/h2-5,12-15H,6-8H2,1H3/t12-,13+,14+,15-/m0/s1. The number of benzene rings is 1. The highest BCUT2D eigenvalue weighted by atomic mass is 16.5. The Kier molecular flexibility index (Phi) is 3.02. The van der Waals surface area contributed by atoms with E-state index in [-0.39, 0.29) is 11.9 Å². The van der Waals surface area contributed by atoms with Crippen molar-refractivity contribution in [2.75, 3.05) is 7.11 Å². The fraction of sp³-hybridized carbons (Fsp3) is 0.500. The second-order valence-corrected chi connectivity index (χ2v) is 5.63. The fourth-order valence-corrected chi connectivity index (χ4v) is 3.92. The first-order valence-corrected chi connectivity index (χ1v) is 6.82. The molecule has 2 bridgehead atoms. The van der Waals surface area contributed by atoms with Crippen molar-refractivity contribution < 1.29 is 9.53 Å². The van der Waals surface area contributed by atoms with Crippen molar-refractivity contribution in [1.82, 2.24) is 0 Å². The van der Waals surface area contributed by atoms with Gasteiger partial charge < -0.3 is 4.74 Å². The summed E-state index contributed by atoms with van der Waals surface area (Å²) >= 11 is 0. The molecule has 98 valence electrons. The summed E-state index contributed by atoms with van der Waals surface area (Å²) in [5.41, 5.74) is 1.77. The van der Waals surface area contributed by atoms with Crippen LogP contribution in [0.4, 0.5) is 0 Å². The molecule has 0 N–H and O–H groups in total. The van der Waals surface area contributed by atoms with Gasteiger partial charge in [-0.15, -0.1) is 0 Å². The minimum absolute atomic E-state index is 0.155. The first-order chi connectivity index (χ1) is 9.24. The van der Waals surface area contributed by atoms with E-state index >= 15 is 0 Å². The quantitative estimate of drug-likeness (QED) is 0.763. The SMILES string of the molecule is COC(=O)c1ccc([C@H]2[C@@H]3CC[C@@H](C3)[C@H]2C#N)cc1. The van der Waals surface area contributed by atoms with E-state index in [1.807, 2.05) is 24.3 Å². The molecule has 3 heteroatoms. The Morgan fingerprint density at radius 3 is 2.58 bits per heavy atom. The number of hydrogen-bond donors (Lipinski definition) is 0. The van der Waals surface area contributed by atoms with E-state index in [0.29, 0.717) is 23.3 Å². The highest BCUT2D eigenvalue weighted by molar-refractivity contribution is 5.89. The number of nitriles is 1. The van der Waals surface area contributed by atoms with Crippen molar-refractivity contribution in [1.29, 1.82) is 5.26 Å². The molecular formula is C16H17NO2. The zero-order valence-electron chi connectivity index (χ0n) is 11.0. The van der Waals surface area contributed by atoms with Crippen molar-refractivity contribution >= 4 is 5.97 Å². The first-order valence-electron chi connectivity index (χ1n) is 6.82. The van der Waals surface area contributed by atoms with Gasteiger partial charge in [0.1, 0.15) is 0 Å². The molecule has 2 aliphatic carbocycles. The number of carbonyl (C=O) groups is 1. The van der Waals surface area contributed by atoms with Crippen LogP contribution < -0.4 is 0 Å². The average Bonchev–Trinajstić information content (AvgIpc) is 3.06. The summed E-state index contributed by atoms with van der Waals surface area (Å²) in [6.45, 7) is 0. The lowest BCUT2D eigenvalue weighted by Crippen LogP contribution is -2.19. The summed E-state index contributed by atoms with van der Waals surface area (Å²) in [6, 6.07) is 10.1. The lowest BCUT2D eigenvalue weighted by atomic mass is 9.76. The molecule has 3 rings (SSSR count). The van der Waals surface area contributed by atoms with Crippen LogP contribution in [0.2, 0.25) is 0 Å². The molecule has 4 atom stereocenters.